The minimum Gasteiger partial charge on any atom is -0.506 e. The molecule has 0 fully saturated rings. The zero-order valence-electron chi connectivity index (χ0n) is 12.0. The molecular weight excluding hydrogens is 274 g/mol. The summed E-state index contributed by atoms with van der Waals surface area (Å²) < 4.78 is 0. The van der Waals surface area contributed by atoms with Crippen molar-refractivity contribution in [2.75, 3.05) is 0 Å². The quantitative estimate of drug-likeness (QED) is 0.731. The highest BCUT2D eigenvalue weighted by Gasteiger charge is 2.31. The maximum absolute atomic E-state index is 12.6. The predicted molar refractivity (Wildman–Crippen MR) is 86.7 cm³/mol. The van der Waals surface area contributed by atoms with Crippen LogP contribution in [-0.2, 0) is 0 Å². The molecule has 0 saturated heterocycles. The Bertz CT molecular complexity index is 970. The number of hydrogen-bond acceptors (Lipinski definition) is 3. The highest BCUT2D eigenvalue weighted by atomic mass is 16.3. The Balaban J connectivity index is 1.97. The number of allylic oxidation sites excluding steroid dienone is 1. The van der Waals surface area contributed by atoms with Crippen LogP contribution in [0, 0.1) is 6.92 Å². The molecule has 1 aliphatic carbocycles. The van der Waals surface area contributed by atoms with Gasteiger partial charge in [-0.05, 0) is 24.6 Å². The Labute approximate surface area is 127 Å². The van der Waals surface area contributed by atoms with Crippen LogP contribution in [0.1, 0.15) is 27.2 Å². The van der Waals surface area contributed by atoms with E-state index in [1.165, 1.54) is 0 Å². The van der Waals surface area contributed by atoms with Crippen molar-refractivity contribution in [1.29, 1.82) is 0 Å². The lowest BCUT2D eigenvalue weighted by atomic mass is 10.0. The number of hydrogen-bond donors (Lipinski definition) is 1. The first kappa shape index (κ1) is 12.8. The zero-order valence-corrected chi connectivity index (χ0v) is 12.0. The van der Waals surface area contributed by atoms with Gasteiger partial charge in [0.05, 0.1) is 16.8 Å². The van der Waals surface area contributed by atoms with Crippen LogP contribution in [-0.4, -0.2) is 15.9 Å². The van der Waals surface area contributed by atoms with Gasteiger partial charge in [0.25, 0.3) is 0 Å². The molecule has 1 N–H and O–H groups in total. The van der Waals surface area contributed by atoms with Crippen LogP contribution in [0.4, 0.5) is 0 Å². The Kier molecular flexibility index (Phi) is 2.63. The molecule has 3 heteroatoms. The molecule has 3 aromatic rings. The van der Waals surface area contributed by atoms with Gasteiger partial charge in [0.2, 0.25) is 0 Å². The van der Waals surface area contributed by atoms with Gasteiger partial charge in [-0.15, -0.1) is 0 Å². The van der Waals surface area contributed by atoms with Crippen LogP contribution in [0.5, 0.6) is 0 Å². The van der Waals surface area contributed by atoms with Crippen LogP contribution >= 0.6 is 0 Å². The Morgan fingerprint density at radius 2 is 1.64 bits per heavy atom. The second-order valence-corrected chi connectivity index (χ2v) is 5.44. The van der Waals surface area contributed by atoms with Crippen molar-refractivity contribution in [3.8, 4) is 0 Å². The van der Waals surface area contributed by atoms with Gasteiger partial charge in [-0.2, -0.15) is 0 Å². The number of carbonyl (C=O) groups is 1. The number of para-hydroxylation sites is 1. The number of aliphatic hydroxyl groups excluding tert-OH is 1. The van der Waals surface area contributed by atoms with Crippen molar-refractivity contribution in [2.45, 2.75) is 6.92 Å². The third kappa shape index (κ3) is 1.69. The van der Waals surface area contributed by atoms with E-state index in [0.29, 0.717) is 16.8 Å². The molecular formula is C19H13NO2. The van der Waals surface area contributed by atoms with Gasteiger partial charge in [0, 0.05) is 16.5 Å². The smallest absolute Gasteiger partial charge is 0.199 e. The Hall–Kier alpha value is -2.94. The highest BCUT2D eigenvalue weighted by Crippen LogP contribution is 2.36. The van der Waals surface area contributed by atoms with Gasteiger partial charge in [-0.25, -0.2) is 4.98 Å². The molecule has 0 atom stereocenters. The largest absolute Gasteiger partial charge is 0.506 e. The van der Waals surface area contributed by atoms with Crippen molar-refractivity contribution < 1.29 is 9.90 Å². The van der Waals surface area contributed by atoms with E-state index in [2.05, 4.69) is 4.98 Å². The van der Waals surface area contributed by atoms with E-state index in [0.717, 1.165) is 16.5 Å². The maximum Gasteiger partial charge on any atom is 0.199 e. The van der Waals surface area contributed by atoms with E-state index < -0.39 is 0 Å². The molecule has 0 bridgehead atoms. The minimum absolute atomic E-state index is 0.0165. The summed E-state index contributed by atoms with van der Waals surface area (Å²) in [7, 11) is 0. The number of pyridine rings is 1. The number of carbonyl (C=O) groups excluding carboxylic acids is 1. The average Bonchev–Trinajstić information content (AvgIpc) is 2.79. The molecule has 1 aromatic heterocycles. The van der Waals surface area contributed by atoms with Gasteiger partial charge in [-0.1, -0.05) is 42.5 Å². The van der Waals surface area contributed by atoms with E-state index >= 15 is 0 Å². The van der Waals surface area contributed by atoms with E-state index in [-0.39, 0.29) is 17.1 Å². The SMILES string of the molecule is Cc1cc(C2=C(O)c3ccccc3C2=O)nc2ccccc12. The summed E-state index contributed by atoms with van der Waals surface area (Å²) in [6.45, 7) is 1.98. The number of nitrogens with zero attached hydrogens (tertiary/aromatic N) is 1. The molecule has 0 radical (unpaired) electrons. The summed E-state index contributed by atoms with van der Waals surface area (Å²) in [6.07, 6.45) is 0. The number of fused-ring (bicyclic) bond motifs is 2. The first-order valence-corrected chi connectivity index (χ1v) is 7.11. The average molecular weight is 287 g/mol. The number of benzene rings is 2. The fraction of sp³-hybridized carbons (Fsp3) is 0.0526. The molecule has 1 heterocycles. The summed E-state index contributed by atoms with van der Waals surface area (Å²) in [5, 5.41) is 11.5. The predicted octanol–water partition coefficient (Wildman–Crippen LogP) is 4.17. The van der Waals surface area contributed by atoms with Gasteiger partial charge < -0.3 is 5.11 Å². The molecule has 0 spiro atoms. The second-order valence-electron chi connectivity index (χ2n) is 5.44. The van der Waals surface area contributed by atoms with Gasteiger partial charge >= 0.3 is 0 Å². The Morgan fingerprint density at radius 1 is 0.955 bits per heavy atom. The first-order chi connectivity index (χ1) is 10.7. The molecule has 0 amide bonds. The van der Waals surface area contributed by atoms with Crippen LogP contribution in [0.2, 0.25) is 0 Å². The lowest BCUT2D eigenvalue weighted by Gasteiger charge is -2.07. The van der Waals surface area contributed by atoms with E-state index in [1.807, 2.05) is 43.3 Å². The molecule has 1 aliphatic rings. The molecule has 106 valence electrons. The van der Waals surface area contributed by atoms with Crippen LogP contribution in [0.3, 0.4) is 0 Å². The van der Waals surface area contributed by atoms with Gasteiger partial charge in [-0.3, -0.25) is 4.79 Å². The second kappa shape index (κ2) is 4.53. The van der Waals surface area contributed by atoms with E-state index in [1.54, 1.807) is 18.2 Å². The van der Waals surface area contributed by atoms with E-state index in [9.17, 15) is 9.90 Å². The van der Waals surface area contributed by atoms with Gasteiger partial charge in [0.15, 0.2) is 5.78 Å². The van der Waals surface area contributed by atoms with Crippen LogP contribution in [0.25, 0.3) is 22.2 Å². The molecule has 22 heavy (non-hydrogen) atoms. The summed E-state index contributed by atoms with van der Waals surface area (Å²) in [4.78, 5) is 17.2. The lowest BCUT2D eigenvalue weighted by Crippen LogP contribution is -2.01. The fourth-order valence-corrected chi connectivity index (χ4v) is 2.98. The highest BCUT2D eigenvalue weighted by molar-refractivity contribution is 6.38. The first-order valence-electron chi connectivity index (χ1n) is 7.11. The minimum atomic E-state index is -0.171. The van der Waals surface area contributed by atoms with Crippen molar-refractivity contribution in [2.24, 2.45) is 0 Å². The van der Waals surface area contributed by atoms with Gasteiger partial charge in [0.1, 0.15) is 5.76 Å². The number of rotatable bonds is 1. The summed E-state index contributed by atoms with van der Waals surface area (Å²) in [5.41, 5.74) is 3.77. The Morgan fingerprint density at radius 3 is 2.41 bits per heavy atom. The summed E-state index contributed by atoms with van der Waals surface area (Å²) in [6, 6.07) is 16.7. The lowest BCUT2D eigenvalue weighted by molar-refractivity contribution is 0.105. The summed E-state index contributed by atoms with van der Waals surface area (Å²) >= 11 is 0. The molecule has 4 rings (SSSR count). The number of aliphatic hydroxyl groups is 1. The number of aromatic nitrogens is 1. The fourth-order valence-electron chi connectivity index (χ4n) is 2.98. The van der Waals surface area contributed by atoms with Crippen molar-refractivity contribution in [3.05, 3.63) is 77.0 Å². The number of aryl methyl sites for hydroxylation is 1. The van der Waals surface area contributed by atoms with Crippen LogP contribution < -0.4 is 0 Å². The summed E-state index contributed by atoms with van der Waals surface area (Å²) in [5.74, 6) is -0.155. The standard InChI is InChI=1S/C19H13NO2/c1-11-10-16(20-15-9-5-4-6-12(11)15)17-18(21)13-7-2-3-8-14(13)19(17)22/h2-10,21H,1H3. The maximum atomic E-state index is 12.6. The molecule has 0 aliphatic heterocycles. The number of Topliss-reactive ketones (excluding diaryl/α,β-unsaturated/α-hetero) is 1. The van der Waals surface area contributed by atoms with E-state index in [4.69, 9.17) is 0 Å². The third-order valence-corrected chi connectivity index (χ3v) is 4.07. The molecule has 0 unspecified atom stereocenters. The molecule has 0 saturated carbocycles. The third-order valence-electron chi connectivity index (χ3n) is 4.07. The molecule has 2 aromatic carbocycles. The van der Waals surface area contributed by atoms with Crippen molar-refractivity contribution >= 4 is 28.0 Å². The number of ketones is 1. The topological polar surface area (TPSA) is 50.2 Å². The van der Waals surface area contributed by atoms with Crippen molar-refractivity contribution in [3.63, 3.8) is 0 Å². The monoisotopic (exact) mass is 287 g/mol. The zero-order chi connectivity index (χ0) is 15.3. The van der Waals surface area contributed by atoms with Crippen molar-refractivity contribution in [1.82, 2.24) is 4.98 Å². The molecule has 3 nitrogen and oxygen atoms in total. The van der Waals surface area contributed by atoms with Crippen LogP contribution in [0.15, 0.2) is 54.6 Å². The normalized spacial score (nSPS) is 13.8.